The number of hydrogen-bond donors (Lipinski definition) is 3. The fraction of sp³-hybridized carbons (Fsp3) is 0.625. The normalized spacial score (nSPS) is 18.4. The van der Waals surface area contributed by atoms with Crippen LogP contribution in [0.5, 0.6) is 5.75 Å². The summed E-state index contributed by atoms with van der Waals surface area (Å²) in [7, 11) is -1.84. The lowest BCUT2D eigenvalue weighted by Crippen LogP contribution is -2.43. The summed E-state index contributed by atoms with van der Waals surface area (Å²) in [4.78, 5) is 17.3. The number of halogens is 4. The van der Waals surface area contributed by atoms with Gasteiger partial charge in [0.05, 0.1) is 35.6 Å². The zero-order valence-electron chi connectivity index (χ0n) is 22.2. The molecule has 2 aromatic heterocycles. The van der Waals surface area contributed by atoms with Gasteiger partial charge in [0, 0.05) is 37.9 Å². The van der Waals surface area contributed by atoms with Crippen LogP contribution in [0.4, 0.5) is 19.0 Å². The van der Waals surface area contributed by atoms with Gasteiger partial charge in [-0.25, -0.2) is 18.1 Å². The van der Waals surface area contributed by atoms with E-state index in [1.54, 1.807) is 10.7 Å². The molecule has 0 aliphatic heterocycles. The molecule has 0 aromatic carbocycles. The van der Waals surface area contributed by atoms with E-state index in [0.717, 1.165) is 12.7 Å². The number of methoxy groups -OCH3 is 1. The Morgan fingerprint density at radius 2 is 2.00 bits per heavy atom. The van der Waals surface area contributed by atoms with Crippen molar-refractivity contribution in [2.75, 3.05) is 31.8 Å². The number of anilines is 1. The Morgan fingerprint density at radius 3 is 2.56 bits per heavy atom. The second-order valence-electron chi connectivity index (χ2n) is 9.59. The van der Waals surface area contributed by atoms with Crippen molar-refractivity contribution in [3.05, 3.63) is 23.0 Å². The van der Waals surface area contributed by atoms with Crippen LogP contribution < -0.4 is 20.1 Å². The van der Waals surface area contributed by atoms with Crippen LogP contribution >= 0.6 is 11.6 Å². The molecule has 3 N–H and O–H groups in total. The number of carbonyl (C=O) groups excluding carboxylic acids is 1. The fourth-order valence-electron chi connectivity index (χ4n) is 4.37. The number of carbonyl (C=O) groups is 1. The van der Waals surface area contributed by atoms with Gasteiger partial charge >= 0.3 is 6.18 Å². The number of aryl methyl sites for hydroxylation is 1. The van der Waals surface area contributed by atoms with Crippen molar-refractivity contribution in [2.24, 2.45) is 11.8 Å². The van der Waals surface area contributed by atoms with Crippen molar-refractivity contribution in [1.82, 2.24) is 24.8 Å². The molecular formula is C24H34ClF3N6O4S. The fourth-order valence-corrected chi connectivity index (χ4v) is 5.18. The summed E-state index contributed by atoms with van der Waals surface area (Å²) in [5.74, 6) is -1.00. The Morgan fingerprint density at radius 1 is 1.31 bits per heavy atom. The number of nitrogens with zero attached hydrogens (tertiary/aromatic N) is 3. The zero-order valence-corrected chi connectivity index (χ0v) is 23.8. The van der Waals surface area contributed by atoms with E-state index in [1.807, 2.05) is 13.8 Å². The molecule has 218 valence electrons. The average molecular weight is 595 g/mol. The van der Waals surface area contributed by atoms with E-state index in [0.29, 0.717) is 42.3 Å². The van der Waals surface area contributed by atoms with E-state index >= 15 is 0 Å². The van der Waals surface area contributed by atoms with Crippen molar-refractivity contribution < 1.29 is 31.1 Å². The van der Waals surface area contributed by atoms with Gasteiger partial charge in [-0.05, 0) is 32.1 Å². The number of ether oxygens (including phenoxy) is 1. The Balaban J connectivity index is 1.73. The molecule has 39 heavy (non-hydrogen) atoms. The molecule has 1 fully saturated rings. The number of aromatic nitrogens is 3. The van der Waals surface area contributed by atoms with Gasteiger partial charge in [0.1, 0.15) is 11.6 Å². The van der Waals surface area contributed by atoms with Gasteiger partial charge in [-0.1, -0.05) is 24.9 Å². The number of hydrogen-bond acceptors (Lipinski definition) is 7. The van der Waals surface area contributed by atoms with Gasteiger partial charge in [0.2, 0.25) is 10.0 Å². The van der Waals surface area contributed by atoms with Crippen LogP contribution in [0.2, 0.25) is 5.02 Å². The number of alkyl halides is 3. The first-order chi connectivity index (χ1) is 18.3. The van der Waals surface area contributed by atoms with Crippen molar-refractivity contribution in [3.63, 3.8) is 0 Å². The highest BCUT2D eigenvalue weighted by molar-refractivity contribution is 7.88. The van der Waals surface area contributed by atoms with Gasteiger partial charge in [0.25, 0.3) is 5.91 Å². The molecule has 0 saturated heterocycles. The van der Waals surface area contributed by atoms with Crippen LogP contribution in [0.25, 0.3) is 11.3 Å². The van der Waals surface area contributed by atoms with Crippen molar-refractivity contribution in [3.8, 4) is 17.0 Å². The van der Waals surface area contributed by atoms with E-state index in [1.165, 1.54) is 13.3 Å². The monoisotopic (exact) mass is 594 g/mol. The van der Waals surface area contributed by atoms with Crippen LogP contribution in [-0.2, 0) is 16.6 Å². The molecule has 0 spiro atoms. The summed E-state index contributed by atoms with van der Waals surface area (Å²) in [5, 5.41) is 10.3. The lowest BCUT2D eigenvalue weighted by atomic mass is 9.80. The molecule has 1 amide bonds. The minimum Gasteiger partial charge on any atom is -0.496 e. The summed E-state index contributed by atoms with van der Waals surface area (Å²) in [6, 6.07) is 1.24. The molecule has 1 atom stereocenters. The molecule has 0 radical (unpaired) electrons. The van der Waals surface area contributed by atoms with Gasteiger partial charge in [0.15, 0.2) is 5.69 Å². The number of sulfonamides is 1. The number of amides is 1. The van der Waals surface area contributed by atoms with Crippen molar-refractivity contribution >= 4 is 33.3 Å². The molecule has 2 heterocycles. The SMILES string of the molecule is CC[C@H](CCNS(C)(=O)=O)CNC(=O)c1nn(CC)c(-c2cnc(NC3CC(C(F)(F)F)C3)cc2OC)c1Cl. The standard InChI is InChI=1S/C24H34ClF3N6O4S/c1-5-14(7-8-31-39(4,36)37)12-30-23(35)21-20(25)22(34(6-2)33-21)17-13-29-19(11-18(17)38-3)32-16-9-15(10-16)24(26,27)28/h11,13-16,31H,5-10,12H2,1-4H3,(H,29,32)(H,30,35)/t14-,15?,16?/m1/s1. The van der Waals surface area contributed by atoms with E-state index < -0.39 is 28.0 Å². The lowest BCUT2D eigenvalue weighted by molar-refractivity contribution is -0.195. The largest absolute Gasteiger partial charge is 0.496 e. The predicted molar refractivity (Wildman–Crippen MR) is 142 cm³/mol. The minimum atomic E-state index is -4.20. The van der Waals surface area contributed by atoms with Gasteiger partial charge in [-0.15, -0.1) is 0 Å². The first-order valence-corrected chi connectivity index (χ1v) is 14.9. The maximum absolute atomic E-state index is 13.0. The Hall–Kier alpha value is -2.58. The first kappa shape index (κ1) is 31.0. The molecule has 2 aromatic rings. The van der Waals surface area contributed by atoms with Gasteiger partial charge < -0.3 is 15.4 Å². The number of pyridine rings is 1. The van der Waals surface area contributed by atoms with E-state index in [-0.39, 0.29) is 42.1 Å². The third kappa shape index (κ3) is 7.98. The second-order valence-corrected chi connectivity index (χ2v) is 11.8. The third-order valence-corrected chi connectivity index (χ3v) is 7.84. The molecule has 1 aliphatic rings. The van der Waals surface area contributed by atoms with Crippen molar-refractivity contribution in [2.45, 2.75) is 58.3 Å². The van der Waals surface area contributed by atoms with E-state index in [2.05, 4.69) is 25.4 Å². The molecular weight excluding hydrogens is 561 g/mol. The van der Waals surface area contributed by atoms with Crippen molar-refractivity contribution in [1.29, 1.82) is 0 Å². The average Bonchev–Trinajstić information content (AvgIpc) is 3.17. The summed E-state index contributed by atoms with van der Waals surface area (Å²) < 4.78 is 70.5. The Bertz CT molecular complexity index is 1270. The molecule has 15 heteroatoms. The molecule has 1 saturated carbocycles. The molecule has 10 nitrogen and oxygen atoms in total. The molecule has 3 rings (SSSR count). The summed E-state index contributed by atoms with van der Waals surface area (Å²) in [6.45, 7) is 4.75. The summed E-state index contributed by atoms with van der Waals surface area (Å²) in [6.07, 6.45) is -0.374. The first-order valence-electron chi connectivity index (χ1n) is 12.6. The minimum absolute atomic E-state index is 0.0186. The molecule has 1 aliphatic carbocycles. The summed E-state index contributed by atoms with van der Waals surface area (Å²) >= 11 is 6.64. The Labute approximate surface area is 231 Å². The van der Waals surface area contributed by atoms with Crippen LogP contribution in [-0.4, -0.2) is 67.8 Å². The quantitative estimate of drug-likeness (QED) is 0.319. The van der Waals surface area contributed by atoms with E-state index in [9.17, 15) is 26.4 Å². The Kier molecular flexibility index (Phi) is 10.1. The lowest BCUT2D eigenvalue weighted by Gasteiger charge is -2.37. The van der Waals surface area contributed by atoms with Gasteiger partial charge in [-0.3, -0.25) is 9.48 Å². The smallest absolute Gasteiger partial charge is 0.391 e. The highest BCUT2D eigenvalue weighted by Gasteiger charge is 2.47. The maximum atomic E-state index is 13.0. The van der Waals surface area contributed by atoms with Crippen LogP contribution in [0.1, 0.15) is 50.0 Å². The third-order valence-electron chi connectivity index (χ3n) is 6.75. The van der Waals surface area contributed by atoms with Crippen LogP contribution in [0.15, 0.2) is 12.3 Å². The topological polar surface area (TPSA) is 127 Å². The zero-order chi connectivity index (χ0) is 29.0. The second kappa shape index (κ2) is 12.7. The van der Waals surface area contributed by atoms with Crippen LogP contribution in [0, 0.1) is 11.8 Å². The summed E-state index contributed by atoms with van der Waals surface area (Å²) in [5.41, 5.74) is 0.918. The van der Waals surface area contributed by atoms with Crippen LogP contribution in [0.3, 0.4) is 0 Å². The maximum Gasteiger partial charge on any atom is 0.391 e. The highest BCUT2D eigenvalue weighted by atomic mass is 35.5. The highest BCUT2D eigenvalue weighted by Crippen LogP contribution is 2.43. The molecule has 0 unspecified atom stereocenters. The van der Waals surface area contributed by atoms with Gasteiger partial charge in [-0.2, -0.15) is 18.3 Å². The molecule has 0 bridgehead atoms. The number of nitrogens with one attached hydrogen (secondary N) is 3. The number of rotatable bonds is 13. The van der Waals surface area contributed by atoms with E-state index in [4.69, 9.17) is 16.3 Å². The predicted octanol–water partition coefficient (Wildman–Crippen LogP) is 4.08.